The van der Waals surface area contributed by atoms with E-state index in [9.17, 15) is 0 Å². The fraction of sp³-hybridized carbons (Fsp3) is 0.545. The van der Waals surface area contributed by atoms with Gasteiger partial charge in [-0.2, -0.15) is 35.4 Å². The van der Waals surface area contributed by atoms with E-state index >= 15 is 0 Å². The fourth-order valence-corrected chi connectivity index (χ4v) is 1.92. The van der Waals surface area contributed by atoms with E-state index in [0.29, 0.717) is 0 Å². The van der Waals surface area contributed by atoms with Crippen LogP contribution in [0, 0.1) is 0 Å². The Morgan fingerprint density at radius 3 is 1.04 bits per heavy atom. The topological polar surface area (TPSA) is 46.1 Å². The number of hydrogen-bond acceptors (Lipinski definition) is 2. The van der Waals surface area contributed by atoms with Crippen molar-refractivity contribution in [3.63, 3.8) is 0 Å². The summed E-state index contributed by atoms with van der Waals surface area (Å²) >= 11 is 0. The first-order valence-electron chi connectivity index (χ1n) is 9.27. The Labute approximate surface area is 175 Å². The molecule has 0 bridgehead atoms. The van der Waals surface area contributed by atoms with Gasteiger partial charge in [-0.3, -0.25) is 0 Å². The summed E-state index contributed by atoms with van der Waals surface area (Å²) in [5.41, 5.74) is 2.97. The molecule has 140 valence electrons. The van der Waals surface area contributed by atoms with Crippen LogP contribution in [0.15, 0.2) is 48.5 Å². The van der Waals surface area contributed by atoms with Crippen molar-refractivity contribution in [1.29, 1.82) is 0 Å². The van der Waals surface area contributed by atoms with Crippen LogP contribution < -0.4 is 10.2 Å². The smallest absolute Gasteiger partial charge is 0.855 e. The predicted molar refractivity (Wildman–Crippen MR) is 102 cm³/mol. The SMILES string of the molecule is CCCC[c-]1cccc1.CCCC[c-]1cccc1.CC[O-].CC[O-].[Zr+4]. The molecule has 0 atom stereocenters. The average molecular weight is 424 g/mol. The van der Waals surface area contributed by atoms with Crippen molar-refractivity contribution in [2.45, 2.75) is 66.2 Å². The molecule has 0 amide bonds. The Kier molecular flexibility index (Phi) is 30.1. The molecule has 0 saturated heterocycles. The van der Waals surface area contributed by atoms with Gasteiger partial charge >= 0.3 is 26.2 Å². The summed E-state index contributed by atoms with van der Waals surface area (Å²) in [4.78, 5) is 0. The number of aryl methyl sites for hydroxylation is 2. The van der Waals surface area contributed by atoms with E-state index in [1.807, 2.05) is 0 Å². The first-order valence-corrected chi connectivity index (χ1v) is 9.27. The Bertz CT molecular complexity index is 353. The maximum Gasteiger partial charge on any atom is 4.00 e. The molecule has 0 aliphatic heterocycles. The van der Waals surface area contributed by atoms with Crippen molar-refractivity contribution >= 4 is 0 Å². The van der Waals surface area contributed by atoms with Crippen LogP contribution in [0.4, 0.5) is 0 Å². The number of unbranched alkanes of at least 4 members (excludes halogenated alkanes) is 2. The third-order valence-corrected chi connectivity index (χ3v) is 3.10. The van der Waals surface area contributed by atoms with Gasteiger partial charge < -0.3 is 10.2 Å². The summed E-state index contributed by atoms with van der Waals surface area (Å²) in [6.45, 7) is 7.59. The molecule has 0 aliphatic carbocycles. The Morgan fingerprint density at radius 2 is 0.840 bits per heavy atom. The van der Waals surface area contributed by atoms with Crippen molar-refractivity contribution in [2.75, 3.05) is 13.2 Å². The summed E-state index contributed by atoms with van der Waals surface area (Å²) in [6, 6.07) is 17.2. The zero-order valence-electron chi connectivity index (χ0n) is 16.6. The second-order valence-corrected chi connectivity index (χ2v) is 5.37. The molecule has 0 unspecified atom stereocenters. The first-order chi connectivity index (χ1) is 11.7. The fourth-order valence-electron chi connectivity index (χ4n) is 1.92. The van der Waals surface area contributed by atoms with Gasteiger partial charge in [0.15, 0.2) is 0 Å². The molecule has 0 aliphatic rings. The van der Waals surface area contributed by atoms with Gasteiger partial charge in [-0.1, -0.05) is 66.2 Å². The minimum absolute atomic E-state index is 0. The molecule has 2 aromatic carbocycles. The molecule has 2 nitrogen and oxygen atoms in total. The maximum absolute atomic E-state index is 8.93. The van der Waals surface area contributed by atoms with E-state index < -0.39 is 0 Å². The van der Waals surface area contributed by atoms with E-state index in [1.54, 1.807) is 13.8 Å². The minimum Gasteiger partial charge on any atom is -0.855 e. The summed E-state index contributed by atoms with van der Waals surface area (Å²) in [7, 11) is 0. The first kappa shape index (κ1) is 29.3. The van der Waals surface area contributed by atoms with E-state index in [1.165, 1.54) is 49.7 Å². The molecule has 25 heavy (non-hydrogen) atoms. The van der Waals surface area contributed by atoms with E-state index in [4.69, 9.17) is 10.2 Å². The molecular weight excluding hydrogens is 387 g/mol. The third kappa shape index (κ3) is 23.5. The van der Waals surface area contributed by atoms with Crippen LogP contribution in [0.3, 0.4) is 0 Å². The summed E-state index contributed by atoms with van der Waals surface area (Å²) in [6.07, 6.45) is 7.75. The van der Waals surface area contributed by atoms with Crippen LogP contribution in [0.1, 0.15) is 64.5 Å². The van der Waals surface area contributed by atoms with Crippen LogP contribution >= 0.6 is 0 Å². The van der Waals surface area contributed by atoms with Crippen molar-refractivity contribution < 1.29 is 36.4 Å². The molecule has 0 heterocycles. The van der Waals surface area contributed by atoms with Gasteiger partial charge in [-0.05, 0) is 0 Å². The molecule has 0 spiro atoms. The van der Waals surface area contributed by atoms with Gasteiger partial charge in [0, 0.05) is 0 Å². The maximum atomic E-state index is 8.93. The van der Waals surface area contributed by atoms with Gasteiger partial charge in [0.1, 0.15) is 0 Å². The molecule has 0 radical (unpaired) electrons. The second-order valence-electron chi connectivity index (χ2n) is 5.37. The predicted octanol–water partition coefficient (Wildman–Crippen LogP) is 4.23. The molecule has 0 N–H and O–H groups in total. The Balaban J connectivity index is -0.000000287. The minimum atomic E-state index is 0. The Hall–Kier alpha value is -0.497. The molecule has 3 heteroatoms. The average Bonchev–Trinajstić information content (AvgIpc) is 3.27. The van der Waals surface area contributed by atoms with E-state index in [2.05, 4.69) is 62.4 Å². The van der Waals surface area contributed by atoms with Crippen molar-refractivity contribution in [2.24, 2.45) is 0 Å². The van der Waals surface area contributed by atoms with Crippen molar-refractivity contribution in [1.82, 2.24) is 0 Å². The van der Waals surface area contributed by atoms with Gasteiger partial charge in [0.2, 0.25) is 0 Å². The summed E-state index contributed by atoms with van der Waals surface area (Å²) < 4.78 is 0. The monoisotopic (exact) mass is 422 g/mol. The van der Waals surface area contributed by atoms with Crippen LogP contribution in [0.5, 0.6) is 0 Å². The normalized spacial score (nSPS) is 8.56. The largest absolute Gasteiger partial charge is 4.00 e. The molecule has 0 aromatic heterocycles. The van der Waals surface area contributed by atoms with Gasteiger partial charge in [-0.15, -0.1) is 13.2 Å². The molecule has 2 rings (SSSR count). The van der Waals surface area contributed by atoms with Gasteiger partial charge in [-0.25, -0.2) is 24.3 Å². The van der Waals surface area contributed by atoms with Crippen molar-refractivity contribution in [3.8, 4) is 0 Å². The number of hydrogen-bond donors (Lipinski definition) is 0. The van der Waals surface area contributed by atoms with Gasteiger partial charge in [0.05, 0.1) is 0 Å². The van der Waals surface area contributed by atoms with Gasteiger partial charge in [0.25, 0.3) is 0 Å². The van der Waals surface area contributed by atoms with Crippen LogP contribution in [-0.2, 0) is 39.0 Å². The third-order valence-electron chi connectivity index (χ3n) is 3.10. The van der Waals surface area contributed by atoms with Crippen molar-refractivity contribution in [3.05, 3.63) is 59.7 Å². The van der Waals surface area contributed by atoms with Crippen LogP contribution in [0.25, 0.3) is 0 Å². The standard InChI is InChI=1S/2C9H13.2C2H5O.Zr/c2*1-2-3-6-9-7-4-5-8-9;2*1-2-3;/h2*4-5,7-8H,2-3,6H2,1H3;2*2H2,1H3;/q4*-1;+4. The molecule has 0 fully saturated rings. The number of rotatable bonds is 6. The zero-order chi connectivity index (χ0) is 18.5. The second kappa shape index (κ2) is 25.7. The zero-order valence-corrected chi connectivity index (χ0v) is 19.1. The van der Waals surface area contributed by atoms with Crippen LogP contribution in [0.2, 0.25) is 0 Å². The molecular formula is C22H36O2Zr. The van der Waals surface area contributed by atoms with E-state index in [-0.39, 0.29) is 39.4 Å². The van der Waals surface area contributed by atoms with Crippen LogP contribution in [-0.4, -0.2) is 13.2 Å². The summed E-state index contributed by atoms with van der Waals surface area (Å²) in [5, 5.41) is 17.9. The Morgan fingerprint density at radius 1 is 0.600 bits per heavy atom. The van der Waals surface area contributed by atoms with E-state index in [0.717, 1.165) is 0 Å². The quantitative estimate of drug-likeness (QED) is 0.653. The molecule has 2 aromatic rings. The molecule has 0 saturated carbocycles. The summed E-state index contributed by atoms with van der Waals surface area (Å²) in [5.74, 6) is 0.